The van der Waals surface area contributed by atoms with Crippen molar-refractivity contribution in [2.45, 2.75) is 70.4 Å². The van der Waals surface area contributed by atoms with Gasteiger partial charge >= 0.3 is 0 Å². The minimum absolute atomic E-state index is 0. The van der Waals surface area contributed by atoms with Crippen LogP contribution in [-0.2, 0) is 9.47 Å². The van der Waals surface area contributed by atoms with Gasteiger partial charge in [0.1, 0.15) is 0 Å². The van der Waals surface area contributed by atoms with Crippen molar-refractivity contribution in [3.05, 3.63) is 11.6 Å². The number of aliphatic imine (C=N–C) groups is 1. The lowest BCUT2D eigenvalue weighted by molar-refractivity contribution is -0.145. The molecule has 3 aliphatic rings. The summed E-state index contributed by atoms with van der Waals surface area (Å²) < 4.78 is 11.4. The minimum Gasteiger partial charge on any atom is -0.378 e. The smallest absolute Gasteiger partial charge is 0.191 e. The Labute approximate surface area is 175 Å². The maximum Gasteiger partial charge on any atom is 0.191 e. The van der Waals surface area contributed by atoms with Gasteiger partial charge in [-0.25, -0.2) is 0 Å². The van der Waals surface area contributed by atoms with Crippen LogP contribution >= 0.6 is 24.0 Å². The van der Waals surface area contributed by atoms with Crippen molar-refractivity contribution in [1.29, 1.82) is 0 Å². The van der Waals surface area contributed by atoms with Crippen LogP contribution in [0.3, 0.4) is 0 Å². The molecule has 0 aromatic carbocycles. The van der Waals surface area contributed by atoms with E-state index in [1.165, 1.54) is 37.7 Å². The molecule has 2 saturated carbocycles. The van der Waals surface area contributed by atoms with Gasteiger partial charge in [0.25, 0.3) is 0 Å². The zero-order chi connectivity index (χ0) is 17.5. The van der Waals surface area contributed by atoms with Crippen LogP contribution in [0.15, 0.2) is 16.6 Å². The number of hydrogen-bond acceptors (Lipinski definition) is 3. The average Bonchev–Trinajstić information content (AvgIpc) is 2.67. The number of ether oxygens (including phenoxy) is 2. The third-order valence-corrected chi connectivity index (χ3v) is 6.27. The van der Waals surface area contributed by atoms with E-state index in [0.717, 1.165) is 51.6 Å². The SMILES string of the molecule is CCOC1CC(NC(=NC)NCCC2=CCOCC2)C12CCCCC2.I. The van der Waals surface area contributed by atoms with Gasteiger partial charge in [0.15, 0.2) is 5.96 Å². The fraction of sp³-hybridized carbons (Fsp3) is 0.850. The molecule has 1 spiro atoms. The van der Waals surface area contributed by atoms with Gasteiger partial charge in [0.2, 0.25) is 0 Å². The number of hydrogen-bond donors (Lipinski definition) is 2. The minimum atomic E-state index is 0. The summed E-state index contributed by atoms with van der Waals surface area (Å²) in [5.41, 5.74) is 1.83. The van der Waals surface area contributed by atoms with E-state index < -0.39 is 0 Å². The van der Waals surface area contributed by atoms with Crippen molar-refractivity contribution in [1.82, 2.24) is 10.6 Å². The summed E-state index contributed by atoms with van der Waals surface area (Å²) >= 11 is 0. The van der Waals surface area contributed by atoms with E-state index in [9.17, 15) is 0 Å². The first-order valence-electron chi connectivity index (χ1n) is 10.1. The number of halogens is 1. The second-order valence-corrected chi connectivity index (χ2v) is 7.61. The quantitative estimate of drug-likeness (QED) is 0.266. The molecule has 5 nitrogen and oxygen atoms in total. The highest BCUT2D eigenvalue weighted by molar-refractivity contribution is 14.0. The number of nitrogens with one attached hydrogen (secondary N) is 2. The molecule has 2 atom stereocenters. The highest BCUT2D eigenvalue weighted by atomic mass is 127. The van der Waals surface area contributed by atoms with Crippen molar-refractivity contribution in [2.75, 3.05) is 33.4 Å². The van der Waals surface area contributed by atoms with Crippen molar-refractivity contribution >= 4 is 29.9 Å². The predicted octanol–water partition coefficient (Wildman–Crippen LogP) is 3.63. The lowest BCUT2D eigenvalue weighted by Gasteiger charge is -2.57. The second kappa shape index (κ2) is 10.9. The van der Waals surface area contributed by atoms with E-state index in [4.69, 9.17) is 9.47 Å². The van der Waals surface area contributed by atoms with Gasteiger partial charge in [-0.2, -0.15) is 0 Å². The van der Waals surface area contributed by atoms with Crippen molar-refractivity contribution in [3.8, 4) is 0 Å². The molecule has 0 bridgehead atoms. The van der Waals surface area contributed by atoms with Crippen LogP contribution in [0, 0.1) is 5.41 Å². The zero-order valence-corrected chi connectivity index (χ0v) is 18.7. The Morgan fingerprint density at radius 1 is 1.35 bits per heavy atom. The highest BCUT2D eigenvalue weighted by Gasteiger charge is 2.55. The third kappa shape index (κ3) is 5.13. The van der Waals surface area contributed by atoms with Crippen LogP contribution in [0.25, 0.3) is 0 Å². The summed E-state index contributed by atoms with van der Waals surface area (Å²) in [6.07, 6.45) is 12.5. The van der Waals surface area contributed by atoms with Gasteiger partial charge in [-0.3, -0.25) is 4.99 Å². The monoisotopic (exact) mass is 477 g/mol. The molecular formula is C20H36IN3O2. The Balaban J connectivity index is 0.00000243. The molecule has 2 N–H and O–H groups in total. The Morgan fingerprint density at radius 2 is 2.15 bits per heavy atom. The van der Waals surface area contributed by atoms with Crippen LogP contribution < -0.4 is 10.6 Å². The van der Waals surface area contributed by atoms with Gasteiger partial charge in [0.05, 0.1) is 19.3 Å². The van der Waals surface area contributed by atoms with Crippen LogP contribution in [-0.4, -0.2) is 51.5 Å². The van der Waals surface area contributed by atoms with Crippen molar-refractivity contribution in [2.24, 2.45) is 10.4 Å². The van der Waals surface area contributed by atoms with E-state index in [1.54, 1.807) is 0 Å². The van der Waals surface area contributed by atoms with E-state index >= 15 is 0 Å². The fourth-order valence-corrected chi connectivity index (χ4v) is 4.76. The van der Waals surface area contributed by atoms with E-state index in [1.807, 2.05) is 7.05 Å². The van der Waals surface area contributed by atoms with Gasteiger partial charge < -0.3 is 20.1 Å². The molecule has 1 heterocycles. The van der Waals surface area contributed by atoms with Gasteiger partial charge in [-0.05, 0) is 39.0 Å². The van der Waals surface area contributed by atoms with Crippen LogP contribution in [0.5, 0.6) is 0 Å². The predicted molar refractivity (Wildman–Crippen MR) is 117 cm³/mol. The van der Waals surface area contributed by atoms with Crippen molar-refractivity contribution in [3.63, 3.8) is 0 Å². The fourth-order valence-electron chi connectivity index (χ4n) is 4.76. The van der Waals surface area contributed by atoms with Crippen molar-refractivity contribution < 1.29 is 9.47 Å². The van der Waals surface area contributed by atoms with E-state index in [2.05, 4.69) is 28.6 Å². The Morgan fingerprint density at radius 3 is 2.81 bits per heavy atom. The molecule has 0 aromatic rings. The average molecular weight is 477 g/mol. The lowest BCUT2D eigenvalue weighted by Crippen LogP contribution is -2.66. The normalized spacial score (nSPS) is 27.9. The molecule has 6 heteroatoms. The molecule has 0 amide bonds. The molecule has 1 aliphatic heterocycles. The second-order valence-electron chi connectivity index (χ2n) is 7.61. The summed E-state index contributed by atoms with van der Waals surface area (Å²) in [6.45, 7) is 5.50. The molecule has 150 valence electrons. The molecular weight excluding hydrogens is 441 g/mol. The maximum absolute atomic E-state index is 6.06. The highest BCUT2D eigenvalue weighted by Crippen LogP contribution is 2.53. The Kier molecular flexibility index (Phi) is 9.17. The maximum atomic E-state index is 6.06. The largest absolute Gasteiger partial charge is 0.378 e. The van der Waals surface area contributed by atoms with Crippen LogP contribution in [0.1, 0.15) is 58.3 Å². The molecule has 2 unspecified atom stereocenters. The van der Waals surface area contributed by atoms with Crippen LogP contribution in [0.2, 0.25) is 0 Å². The number of rotatable bonds is 6. The van der Waals surface area contributed by atoms with E-state index in [-0.39, 0.29) is 24.0 Å². The first-order chi connectivity index (χ1) is 12.3. The number of guanidine groups is 1. The topological polar surface area (TPSA) is 54.9 Å². The molecule has 3 rings (SSSR count). The van der Waals surface area contributed by atoms with Gasteiger partial charge in [-0.15, -0.1) is 24.0 Å². The Hall–Kier alpha value is -0.340. The molecule has 2 fully saturated rings. The molecule has 2 aliphatic carbocycles. The van der Waals surface area contributed by atoms with Gasteiger partial charge in [-0.1, -0.05) is 30.9 Å². The summed E-state index contributed by atoms with van der Waals surface area (Å²) in [5, 5.41) is 7.21. The summed E-state index contributed by atoms with van der Waals surface area (Å²) in [4.78, 5) is 4.45. The zero-order valence-electron chi connectivity index (χ0n) is 16.4. The first kappa shape index (κ1) is 22.0. The lowest BCUT2D eigenvalue weighted by atomic mass is 9.55. The molecule has 0 saturated heterocycles. The summed E-state index contributed by atoms with van der Waals surface area (Å²) in [6, 6.07) is 0.498. The van der Waals surface area contributed by atoms with E-state index in [0.29, 0.717) is 17.6 Å². The van der Waals surface area contributed by atoms with Crippen LogP contribution in [0.4, 0.5) is 0 Å². The molecule has 26 heavy (non-hydrogen) atoms. The molecule has 0 radical (unpaired) electrons. The third-order valence-electron chi connectivity index (χ3n) is 6.27. The summed E-state index contributed by atoms with van der Waals surface area (Å²) in [5.74, 6) is 0.942. The first-order valence-corrected chi connectivity index (χ1v) is 10.1. The molecule has 0 aromatic heterocycles. The standard InChI is InChI=1S/C20H35N3O2.HI/c1-3-25-18-15-17(20(18)10-5-4-6-11-20)23-19(21-2)22-12-7-16-8-13-24-14-9-16;/h8,17-18H,3-7,9-15H2,1-2H3,(H2,21,22,23);1H. The summed E-state index contributed by atoms with van der Waals surface area (Å²) in [7, 11) is 1.87. The Bertz CT molecular complexity index is 489. The van der Waals surface area contributed by atoms with Gasteiger partial charge in [0, 0.05) is 31.7 Å². The number of nitrogens with zero attached hydrogens (tertiary/aromatic N) is 1.